The molecule has 5 heteroatoms. The summed E-state index contributed by atoms with van der Waals surface area (Å²) in [6.45, 7) is 4.51. The van der Waals surface area contributed by atoms with Crippen molar-refractivity contribution in [3.63, 3.8) is 0 Å². The molecule has 3 rings (SSSR count). The summed E-state index contributed by atoms with van der Waals surface area (Å²) in [6, 6.07) is 13.7. The van der Waals surface area contributed by atoms with Crippen molar-refractivity contribution >= 4 is 17.4 Å². The summed E-state index contributed by atoms with van der Waals surface area (Å²) < 4.78 is 0. The standard InChI is InChI=1S/C18H22N4O/c1-2-22(15-9-5-3-6-10-15)17-12-11-16(19-20-17)18(23)21-13-7-4-8-14-21/h3,5-6,9-12H,2,4,7-8,13-14H2,1H3. The van der Waals surface area contributed by atoms with E-state index in [1.54, 1.807) is 6.07 Å². The molecule has 0 aliphatic carbocycles. The summed E-state index contributed by atoms with van der Waals surface area (Å²) in [5.41, 5.74) is 1.50. The van der Waals surface area contributed by atoms with E-state index >= 15 is 0 Å². The SMILES string of the molecule is CCN(c1ccccc1)c1ccc(C(=O)N2CCCCC2)nn1. The van der Waals surface area contributed by atoms with Gasteiger partial charge >= 0.3 is 0 Å². The maximum Gasteiger partial charge on any atom is 0.274 e. The molecule has 0 saturated carbocycles. The average molecular weight is 310 g/mol. The Morgan fingerprint density at radius 1 is 1.04 bits per heavy atom. The molecule has 1 aliphatic rings. The summed E-state index contributed by atoms with van der Waals surface area (Å²) in [5, 5.41) is 8.44. The van der Waals surface area contributed by atoms with Crippen LogP contribution in [-0.2, 0) is 0 Å². The van der Waals surface area contributed by atoms with E-state index in [4.69, 9.17) is 0 Å². The van der Waals surface area contributed by atoms with E-state index in [0.29, 0.717) is 5.69 Å². The molecule has 0 bridgehead atoms. The Morgan fingerprint density at radius 2 is 1.78 bits per heavy atom. The molecular weight excluding hydrogens is 288 g/mol. The number of carbonyl (C=O) groups excluding carboxylic acids is 1. The zero-order valence-electron chi connectivity index (χ0n) is 13.5. The quantitative estimate of drug-likeness (QED) is 0.869. The summed E-state index contributed by atoms with van der Waals surface area (Å²) in [7, 11) is 0. The number of hydrogen-bond donors (Lipinski definition) is 0. The lowest BCUT2D eigenvalue weighted by Crippen LogP contribution is -2.36. The molecule has 0 atom stereocenters. The Balaban J connectivity index is 1.77. The first-order chi connectivity index (χ1) is 11.3. The zero-order chi connectivity index (χ0) is 16.1. The molecule has 1 amide bonds. The van der Waals surface area contributed by atoms with Gasteiger partial charge in [0.05, 0.1) is 0 Å². The molecule has 23 heavy (non-hydrogen) atoms. The third kappa shape index (κ3) is 3.50. The van der Waals surface area contributed by atoms with E-state index in [9.17, 15) is 4.79 Å². The van der Waals surface area contributed by atoms with Gasteiger partial charge in [-0.15, -0.1) is 10.2 Å². The highest BCUT2D eigenvalue weighted by Crippen LogP contribution is 2.22. The second-order valence-corrected chi connectivity index (χ2v) is 5.71. The highest BCUT2D eigenvalue weighted by atomic mass is 16.2. The molecule has 2 aromatic rings. The van der Waals surface area contributed by atoms with E-state index in [1.807, 2.05) is 41.3 Å². The maximum absolute atomic E-state index is 12.4. The first kappa shape index (κ1) is 15.5. The van der Waals surface area contributed by atoms with Gasteiger partial charge in [-0.2, -0.15) is 0 Å². The second-order valence-electron chi connectivity index (χ2n) is 5.71. The molecule has 1 aromatic heterocycles. The fraction of sp³-hybridized carbons (Fsp3) is 0.389. The molecular formula is C18H22N4O. The van der Waals surface area contributed by atoms with Crippen LogP contribution in [0.1, 0.15) is 36.7 Å². The van der Waals surface area contributed by atoms with Gasteiger partial charge in [0, 0.05) is 25.3 Å². The van der Waals surface area contributed by atoms with Gasteiger partial charge in [0.25, 0.3) is 5.91 Å². The Hall–Kier alpha value is -2.43. The van der Waals surface area contributed by atoms with E-state index in [-0.39, 0.29) is 5.91 Å². The average Bonchev–Trinajstić information content (AvgIpc) is 2.64. The van der Waals surface area contributed by atoms with Gasteiger partial charge in [0.15, 0.2) is 11.5 Å². The predicted molar refractivity (Wildman–Crippen MR) is 90.9 cm³/mol. The zero-order valence-corrected chi connectivity index (χ0v) is 13.5. The number of para-hydroxylation sites is 1. The van der Waals surface area contributed by atoms with Crippen LogP contribution in [0.5, 0.6) is 0 Å². The van der Waals surface area contributed by atoms with Crippen LogP contribution in [0.3, 0.4) is 0 Å². The number of hydrogen-bond acceptors (Lipinski definition) is 4. The van der Waals surface area contributed by atoms with Gasteiger partial charge in [0.2, 0.25) is 0 Å². The number of benzene rings is 1. The van der Waals surface area contributed by atoms with Gasteiger partial charge in [-0.1, -0.05) is 18.2 Å². The molecule has 0 N–H and O–H groups in total. The van der Waals surface area contributed by atoms with Crippen molar-refractivity contribution in [1.82, 2.24) is 15.1 Å². The van der Waals surface area contributed by atoms with Crippen LogP contribution in [-0.4, -0.2) is 40.6 Å². The third-order valence-electron chi connectivity index (χ3n) is 4.17. The highest BCUT2D eigenvalue weighted by molar-refractivity contribution is 5.92. The van der Waals surface area contributed by atoms with Crippen molar-refractivity contribution < 1.29 is 4.79 Å². The summed E-state index contributed by atoms with van der Waals surface area (Å²) in [4.78, 5) is 16.4. The minimum Gasteiger partial charge on any atom is -0.337 e. The molecule has 120 valence electrons. The number of carbonyl (C=O) groups is 1. The number of rotatable bonds is 4. The molecule has 0 spiro atoms. The van der Waals surface area contributed by atoms with Crippen LogP contribution in [0.15, 0.2) is 42.5 Å². The lowest BCUT2D eigenvalue weighted by atomic mass is 10.1. The van der Waals surface area contributed by atoms with Crippen molar-refractivity contribution in [2.45, 2.75) is 26.2 Å². The number of likely N-dealkylation sites (tertiary alicyclic amines) is 1. The van der Waals surface area contributed by atoms with Crippen molar-refractivity contribution in [3.05, 3.63) is 48.2 Å². The van der Waals surface area contributed by atoms with Crippen molar-refractivity contribution in [1.29, 1.82) is 0 Å². The summed E-state index contributed by atoms with van der Waals surface area (Å²) in [5.74, 6) is 0.750. The van der Waals surface area contributed by atoms with E-state index in [2.05, 4.69) is 22.0 Å². The largest absolute Gasteiger partial charge is 0.337 e. The molecule has 1 aromatic carbocycles. The van der Waals surface area contributed by atoms with Crippen LogP contribution in [0.25, 0.3) is 0 Å². The molecule has 2 heterocycles. The van der Waals surface area contributed by atoms with Crippen LogP contribution < -0.4 is 4.90 Å². The van der Waals surface area contributed by atoms with Crippen LogP contribution >= 0.6 is 0 Å². The lowest BCUT2D eigenvalue weighted by molar-refractivity contribution is 0.0717. The Labute approximate surface area is 136 Å². The van der Waals surface area contributed by atoms with Crippen molar-refractivity contribution in [2.24, 2.45) is 0 Å². The number of aromatic nitrogens is 2. The third-order valence-corrected chi connectivity index (χ3v) is 4.17. The Kier molecular flexibility index (Phi) is 4.86. The van der Waals surface area contributed by atoms with Crippen molar-refractivity contribution in [3.8, 4) is 0 Å². The first-order valence-electron chi connectivity index (χ1n) is 8.25. The fourth-order valence-electron chi connectivity index (χ4n) is 2.93. The molecule has 0 radical (unpaired) electrons. The number of nitrogens with zero attached hydrogens (tertiary/aromatic N) is 4. The summed E-state index contributed by atoms with van der Waals surface area (Å²) in [6.07, 6.45) is 3.36. The van der Waals surface area contributed by atoms with E-state index in [0.717, 1.165) is 44.0 Å². The van der Waals surface area contributed by atoms with Crippen LogP contribution in [0, 0.1) is 0 Å². The van der Waals surface area contributed by atoms with Gasteiger partial charge in [-0.3, -0.25) is 4.79 Å². The fourth-order valence-corrected chi connectivity index (χ4v) is 2.93. The maximum atomic E-state index is 12.4. The van der Waals surface area contributed by atoms with Gasteiger partial charge in [0.1, 0.15) is 0 Å². The minimum atomic E-state index is -0.00786. The summed E-state index contributed by atoms with van der Waals surface area (Å²) >= 11 is 0. The minimum absolute atomic E-state index is 0.00786. The van der Waals surface area contributed by atoms with Gasteiger partial charge in [-0.05, 0) is 50.5 Å². The lowest BCUT2D eigenvalue weighted by Gasteiger charge is -2.26. The topological polar surface area (TPSA) is 49.3 Å². The highest BCUT2D eigenvalue weighted by Gasteiger charge is 2.20. The number of piperidine rings is 1. The molecule has 5 nitrogen and oxygen atoms in total. The molecule has 1 saturated heterocycles. The Bertz CT molecular complexity index is 636. The number of amides is 1. The van der Waals surface area contributed by atoms with E-state index < -0.39 is 0 Å². The Morgan fingerprint density at radius 3 is 2.39 bits per heavy atom. The predicted octanol–water partition coefficient (Wildman–Crippen LogP) is 3.26. The monoisotopic (exact) mass is 310 g/mol. The normalized spacial score (nSPS) is 14.6. The van der Waals surface area contributed by atoms with Gasteiger partial charge < -0.3 is 9.80 Å². The molecule has 1 fully saturated rings. The molecule has 0 unspecified atom stereocenters. The van der Waals surface area contributed by atoms with Crippen molar-refractivity contribution in [2.75, 3.05) is 24.5 Å². The molecule has 1 aliphatic heterocycles. The smallest absolute Gasteiger partial charge is 0.274 e. The van der Waals surface area contributed by atoms with Crippen LogP contribution in [0.2, 0.25) is 0 Å². The second kappa shape index (κ2) is 7.22. The van der Waals surface area contributed by atoms with Gasteiger partial charge in [-0.25, -0.2) is 0 Å². The van der Waals surface area contributed by atoms with Crippen LogP contribution in [0.4, 0.5) is 11.5 Å². The van der Waals surface area contributed by atoms with E-state index in [1.165, 1.54) is 6.42 Å². The first-order valence-corrected chi connectivity index (χ1v) is 8.25. The number of anilines is 2.